The molecule has 0 N–H and O–H groups in total. The van der Waals surface area contributed by atoms with Gasteiger partial charge in [-0.2, -0.15) is 0 Å². The molecule has 0 atom stereocenters. The van der Waals surface area contributed by atoms with Crippen molar-refractivity contribution in [3.63, 3.8) is 0 Å². The van der Waals surface area contributed by atoms with Gasteiger partial charge in [-0.1, -0.05) is 0 Å². The summed E-state index contributed by atoms with van der Waals surface area (Å²) >= 11 is 0. The van der Waals surface area contributed by atoms with Gasteiger partial charge in [0.25, 0.3) is 5.78 Å². The zero-order chi connectivity index (χ0) is 24.0. The van der Waals surface area contributed by atoms with E-state index in [2.05, 4.69) is 14.6 Å². The Labute approximate surface area is 194 Å². The van der Waals surface area contributed by atoms with Crippen molar-refractivity contribution in [1.29, 1.82) is 0 Å². The predicted octanol–water partition coefficient (Wildman–Crippen LogP) is 4.51. The lowest BCUT2D eigenvalue weighted by Gasteiger charge is -2.05. The van der Waals surface area contributed by atoms with Crippen LogP contribution in [0.4, 0.5) is 0 Å². The van der Waals surface area contributed by atoms with Crippen molar-refractivity contribution in [2.45, 2.75) is 20.4 Å². The van der Waals surface area contributed by atoms with Crippen LogP contribution in [0.3, 0.4) is 0 Å². The number of methoxy groups -OCH3 is 1. The van der Waals surface area contributed by atoms with Crippen molar-refractivity contribution < 1.29 is 28.7 Å². The molecule has 2 heterocycles. The second-order valence-electron chi connectivity index (χ2n) is 7.78. The van der Waals surface area contributed by atoms with Crippen molar-refractivity contribution in [1.82, 2.24) is 4.57 Å². The fourth-order valence-electron chi connectivity index (χ4n) is 4.26. The maximum atomic E-state index is 13.2. The largest absolute Gasteiger partial charge is 0.497 e. The number of ketones is 2. The third kappa shape index (κ3) is 3.31. The second-order valence-corrected chi connectivity index (χ2v) is 7.78. The zero-order valence-electron chi connectivity index (χ0n) is 18.7. The Morgan fingerprint density at radius 3 is 2.38 bits per heavy atom. The third-order valence-corrected chi connectivity index (χ3v) is 5.81. The monoisotopic (exact) mass is 456 g/mol. The van der Waals surface area contributed by atoms with E-state index in [-0.39, 0.29) is 11.7 Å². The van der Waals surface area contributed by atoms with E-state index in [4.69, 9.17) is 9.47 Å². The van der Waals surface area contributed by atoms with Gasteiger partial charge in [-0.3, -0.25) is 9.59 Å². The molecule has 0 spiro atoms. The number of carbonyl (C=O) groups excluding carboxylic acids is 3. The van der Waals surface area contributed by atoms with Crippen LogP contribution in [0.25, 0.3) is 21.8 Å². The number of aromatic nitrogens is 1. The number of oxime groups is 1. The molecule has 0 aliphatic carbocycles. The number of carbonyl (C=O) groups is 3. The third-order valence-electron chi connectivity index (χ3n) is 5.81. The number of nitrogens with zero attached hydrogens (tertiary/aromatic N) is 2. The highest BCUT2D eigenvalue weighted by Gasteiger charge is 2.33. The minimum Gasteiger partial charge on any atom is -0.497 e. The van der Waals surface area contributed by atoms with E-state index >= 15 is 0 Å². The molecule has 0 unspecified atom stereocenters. The summed E-state index contributed by atoms with van der Waals surface area (Å²) in [6.07, 6.45) is 0. The lowest BCUT2D eigenvalue weighted by atomic mass is 10.00. The van der Waals surface area contributed by atoms with Gasteiger partial charge in [-0.05, 0) is 66.7 Å². The van der Waals surface area contributed by atoms with Gasteiger partial charge in [0.05, 0.1) is 23.6 Å². The SMILES string of the molecule is CCn1c2ccc(C(=O)c3ccc(OC)cc3)cc2c2c3c(ccc21)C(=O)C(=NOC(C)=O)O3. The molecule has 4 aromatic rings. The number of fused-ring (bicyclic) bond motifs is 5. The highest BCUT2D eigenvalue weighted by atomic mass is 16.7. The highest BCUT2D eigenvalue weighted by Crippen LogP contribution is 2.41. The smallest absolute Gasteiger partial charge is 0.332 e. The molecule has 170 valence electrons. The highest BCUT2D eigenvalue weighted by molar-refractivity contribution is 6.47. The predicted molar refractivity (Wildman–Crippen MR) is 126 cm³/mol. The first-order valence-corrected chi connectivity index (χ1v) is 10.7. The number of hydrogen-bond donors (Lipinski definition) is 0. The molecule has 0 saturated heterocycles. The van der Waals surface area contributed by atoms with Gasteiger partial charge < -0.3 is 18.9 Å². The maximum absolute atomic E-state index is 13.2. The van der Waals surface area contributed by atoms with Crippen LogP contribution in [0, 0.1) is 0 Å². The molecule has 1 aromatic heterocycles. The average molecular weight is 456 g/mol. The fraction of sp³-hybridized carbons (Fsp3) is 0.154. The normalized spacial score (nSPS) is 13.9. The van der Waals surface area contributed by atoms with Gasteiger partial charge in [-0.15, -0.1) is 0 Å². The van der Waals surface area contributed by atoms with Crippen molar-refractivity contribution in [3.8, 4) is 11.5 Å². The number of aryl methyl sites for hydroxylation is 1. The van der Waals surface area contributed by atoms with E-state index in [1.165, 1.54) is 6.92 Å². The van der Waals surface area contributed by atoms with Crippen LogP contribution in [-0.4, -0.2) is 35.1 Å². The molecule has 5 rings (SSSR count). The van der Waals surface area contributed by atoms with Crippen LogP contribution in [0.2, 0.25) is 0 Å². The van der Waals surface area contributed by atoms with E-state index in [0.717, 1.165) is 16.4 Å². The van der Waals surface area contributed by atoms with E-state index < -0.39 is 11.8 Å². The molecule has 0 saturated carbocycles. The molecule has 8 nitrogen and oxygen atoms in total. The summed E-state index contributed by atoms with van der Waals surface area (Å²) in [7, 11) is 1.57. The lowest BCUT2D eigenvalue weighted by Crippen LogP contribution is -2.13. The van der Waals surface area contributed by atoms with Crippen molar-refractivity contribution >= 4 is 45.2 Å². The number of Topliss-reactive ketones (excluding diaryl/α,β-unsaturated/α-hetero) is 1. The summed E-state index contributed by atoms with van der Waals surface area (Å²) in [5.74, 6) is -0.569. The van der Waals surface area contributed by atoms with Crippen molar-refractivity contribution in [2.24, 2.45) is 5.16 Å². The summed E-state index contributed by atoms with van der Waals surface area (Å²) in [5, 5.41) is 5.02. The summed E-state index contributed by atoms with van der Waals surface area (Å²) in [6, 6.07) is 15.9. The summed E-state index contributed by atoms with van der Waals surface area (Å²) in [4.78, 5) is 41.7. The molecule has 8 heteroatoms. The van der Waals surface area contributed by atoms with E-state index in [1.54, 1.807) is 43.5 Å². The Morgan fingerprint density at radius 1 is 1.00 bits per heavy atom. The van der Waals surface area contributed by atoms with Crippen LogP contribution in [-0.2, 0) is 16.2 Å². The van der Waals surface area contributed by atoms with E-state index in [1.807, 2.05) is 25.1 Å². The van der Waals surface area contributed by atoms with Crippen LogP contribution in [0.5, 0.6) is 11.5 Å². The molecular formula is C26H20N2O6. The van der Waals surface area contributed by atoms with Gasteiger partial charge in [-0.25, -0.2) is 4.79 Å². The maximum Gasteiger partial charge on any atom is 0.332 e. The Morgan fingerprint density at radius 2 is 1.71 bits per heavy atom. The minimum absolute atomic E-state index is 0.136. The molecule has 34 heavy (non-hydrogen) atoms. The van der Waals surface area contributed by atoms with Crippen LogP contribution >= 0.6 is 0 Å². The number of ether oxygens (including phenoxy) is 2. The molecule has 0 bridgehead atoms. The topological polar surface area (TPSA) is 96.2 Å². The second kappa shape index (κ2) is 8.15. The van der Waals surface area contributed by atoms with Crippen molar-refractivity contribution in [2.75, 3.05) is 7.11 Å². The molecule has 3 aromatic carbocycles. The van der Waals surface area contributed by atoms with Gasteiger partial charge in [0.1, 0.15) is 5.75 Å². The number of benzene rings is 3. The Hall–Kier alpha value is -4.46. The summed E-state index contributed by atoms with van der Waals surface area (Å²) in [5.41, 5.74) is 3.11. The molecular weight excluding hydrogens is 436 g/mol. The summed E-state index contributed by atoms with van der Waals surface area (Å²) < 4.78 is 13.0. The minimum atomic E-state index is -0.658. The Balaban J connectivity index is 1.68. The van der Waals surface area contributed by atoms with Crippen LogP contribution < -0.4 is 9.47 Å². The van der Waals surface area contributed by atoms with Gasteiger partial charge >= 0.3 is 11.9 Å². The van der Waals surface area contributed by atoms with E-state index in [9.17, 15) is 14.4 Å². The van der Waals surface area contributed by atoms with Crippen LogP contribution in [0.1, 0.15) is 40.1 Å². The first-order chi connectivity index (χ1) is 16.4. The Bertz CT molecular complexity index is 1530. The quantitative estimate of drug-likeness (QED) is 0.249. The molecule has 1 aliphatic heterocycles. The average Bonchev–Trinajstić information content (AvgIpc) is 3.35. The lowest BCUT2D eigenvalue weighted by molar-refractivity contribution is -0.141. The molecule has 0 amide bonds. The van der Waals surface area contributed by atoms with Gasteiger partial charge in [0.2, 0.25) is 0 Å². The number of rotatable bonds is 5. The number of hydrogen-bond acceptors (Lipinski definition) is 7. The molecule has 1 aliphatic rings. The first kappa shape index (κ1) is 21.4. The van der Waals surface area contributed by atoms with Gasteiger partial charge in [0.15, 0.2) is 11.5 Å². The van der Waals surface area contributed by atoms with Gasteiger partial charge in [0, 0.05) is 35.5 Å². The molecule has 0 fully saturated rings. The standard InChI is InChI=1S/C26H20N2O6/c1-4-28-20-11-7-16(23(30)15-5-8-17(32-3)9-6-15)13-19(20)22-21(28)12-10-18-24(31)26(33-25(18)22)27-34-14(2)29/h5-13H,4H2,1-3H3. The summed E-state index contributed by atoms with van der Waals surface area (Å²) in [6.45, 7) is 3.88. The first-order valence-electron chi connectivity index (χ1n) is 10.7. The fourth-order valence-corrected chi connectivity index (χ4v) is 4.26. The molecule has 0 radical (unpaired) electrons. The van der Waals surface area contributed by atoms with Crippen molar-refractivity contribution in [3.05, 3.63) is 71.3 Å². The van der Waals surface area contributed by atoms with E-state index in [0.29, 0.717) is 40.1 Å². The zero-order valence-corrected chi connectivity index (χ0v) is 18.7. The Kier molecular flexibility index (Phi) is 5.13. The van der Waals surface area contributed by atoms with Crippen LogP contribution in [0.15, 0.2) is 59.8 Å².